The van der Waals surface area contributed by atoms with E-state index in [0.29, 0.717) is 5.75 Å². The number of phenols is 1. The molecule has 0 atom stereocenters. The largest absolute Gasteiger partial charge is 0.507 e. The maximum absolute atomic E-state index is 10.3. The van der Waals surface area contributed by atoms with Crippen molar-refractivity contribution < 1.29 is 5.11 Å². The molecule has 0 radical (unpaired) electrons. The van der Waals surface area contributed by atoms with Gasteiger partial charge in [-0.05, 0) is 48.4 Å². The van der Waals surface area contributed by atoms with Crippen molar-refractivity contribution in [3.8, 4) is 5.75 Å². The third-order valence-corrected chi connectivity index (χ3v) is 3.34. The lowest BCUT2D eigenvalue weighted by molar-refractivity contribution is 0.467. The van der Waals surface area contributed by atoms with Gasteiger partial charge in [0.25, 0.3) is 0 Å². The number of allylic oxidation sites excluding steroid dienone is 4. The summed E-state index contributed by atoms with van der Waals surface area (Å²) in [5, 5.41) is 10.3. The molecule has 0 spiro atoms. The summed E-state index contributed by atoms with van der Waals surface area (Å²) in [6, 6.07) is 4.24. The first-order chi connectivity index (χ1) is 8.26. The third-order valence-electron chi connectivity index (χ3n) is 3.34. The molecule has 1 aromatic carbocycles. The second-order valence-corrected chi connectivity index (χ2v) is 4.50. The van der Waals surface area contributed by atoms with Gasteiger partial charge in [-0.3, -0.25) is 0 Å². The molecule has 0 aliphatic heterocycles. The zero-order chi connectivity index (χ0) is 12.3. The van der Waals surface area contributed by atoms with Crippen LogP contribution in [-0.2, 0) is 12.8 Å². The number of hydrogen-bond donors (Lipinski definition) is 1. The Kier molecular flexibility index (Phi) is 3.68. The zero-order valence-corrected chi connectivity index (χ0v) is 10.7. The molecule has 1 aliphatic rings. The maximum Gasteiger partial charge on any atom is 0.126 e. The fourth-order valence-electron chi connectivity index (χ4n) is 2.27. The quantitative estimate of drug-likeness (QED) is 0.820. The minimum Gasteiger partial charge on any atom is -0.507 e. The monoisotopic (exact) mass is 228 g/mol. The summed E-state index contributed by atoms with van der Waals surface area (Å²) in [7, 11) is 0. The first-order valence-corrected chi connectivity index (χ1v) is 6.48. The molecule has 2 rings (SSSR count). The Balaban J connectivity index is 2.51. The van der Waals surface area contributed by atoms with E-state index in [9.17, 15) is 5.11 Å². The summed E-state index contributed by atoms with van der Waals surface area (Å²) in [6.07, 6.45) is 10.6. The van der Waals surface area contributed by atoms with Gasteiger partial charge in [-0.25, -0.2) is 0 Å². The van der Waals surface area contributed by atoms with E-state index in [1.807, 2.05) is 0 Å². The van der Waals surface area contributed by atoms with Crippen molar-refractivity contribution in [2.75, 3.05) is 0 Å². The second kappa shape index (κ2) is 5.22. The molecular formula is C16H20O. The third kappa shape index (κ3) is 2.44. The summed E-state index contributed by atoms with van der Waals surface area (Å²) >= 11 is 0. The second-order valence-electron chi connectivity index (χ2n) is 4.50. The van der Waals surface area contributed by atoms with Crippen LogP contribution >= 0.6 is 0 Å². The molecule has 0 heterocycles. The normalized spacial score (nSPS) is 14.8. The van der Waals surface area contributed by atoms with Gasteiger partial charge in [0.1, 0.15) is 5.75 Å². The average molecular weight is 228 g/mol. The highest BCUT2D eigenvalue weighted by Crippen LogP contribution is 2.33. The van der Waals surface area contributed by atoms with Gasteiger partial charge < -0.3 is 5.11 Å². The molecule has 1 aromatic rings. The molecule has 1 nitrogen and oxygen atoms in total. The van der Waals surface area contributed by atoms with E-state index in [2.05, 4.69) is 44.2 Å². The zero-order valence-electron chi connectivity index (χ0n) is 10.7. The predicted octanol–water partition coefficient (Wildman–Crippen LogP) is 4.25. The number of aryl methyl sites for hydroxylation is 2. The first-order valence-electron chi connectivity index (χ1n) is 6.48. The van der Waals surface area contributed by atoms with Crippen molar-refractivity contribution in [2.45, 2.75) is 39.5 Å². The minimum atomic E-state index is 0.461. The molecule has 90 valence electrons. The van der Waals surface area contributed by atoms with Crippen molar-refractivity contribution in [1.29, 1.82) is 0 Å². The fourth-order valence-corrected chi connectivity index (χ4v) is 2.27. The Labute approximate surface area is 103 Å². The van der Waals surface area contributed by atoms with Crippen molar-refractivity contribution in [3.05, 3.63) is 47.1 Å². The molecule has 1 N–H and O–H groups in total. The van der Waals surface area contributed by atoms with Gasteiger partial charge >= 0.3 is 0 Å². The van der Waals surface area contributed by atoms with Crippen LogP contribution < -0.4 is 0 Å². The molecule has 0 fully saturated rings. The van der Waals surface area contributed by atoms with Crippen LogP contribution in [0.25, 0.3) is 5.57 Å². The lowest BCUT2D eigenvalue weighted by atomic mass is 9.93. The van der Waals surface area contributed by atoms with Crippen LogP contribution in [0.5, 0.6) is 5.75 Å². The number of hydrogen-bond acceptors (Lipinski definition) is 1. The summed E-state index contributed by atoms with van der Waals surface area (Å²) < 4.78 is 0. The average Bonchev–Trinajstić information content (AvgIpc) is 2.40. The lowest BCUT2D eigenvalue weighted by Gasteiger charge is -2.14. The molecule has 0 unspecified atom stereocenters. The smallest absolute Gasteiger partial charge is 0.126 e. The standard InChI is InChI=1S/C16H20O/c1-3-12-10-13(4-2)16(17)15(11-12)14-8-6-5-7-9-14/h6,8-11,17H,3-5,7H2,1-2H3. The van der Waals surface area contributed by atoms with E-state index in [1.165, 1.54) is 11.1 Å². The Hall–Kier alpha value is -1.50. The summed E-state index contributed by atoms with van der Waals surface area (Å²) in [5.74, 6) is 0.461. The SMILES string of the molecule is CCc1cc(CC)c(O)c(C2=CCCC=C2)c1. The first kappa shape index (κ1) is 12.0. The highest BCUT2D eigenvalue weighted by molar-refractivity contribution is 5.79. The van der Waals surface area contributed by atoms with Crippen LogP contribution in [0, 0.1) is 0 Å². The molecule has 1 aliphatic carbocycles. The van der Waals surface area contributed by atoms with Crippen LogP contribution in [0.15, 0.2) is 30.4 Å². The van der Waals surface area contributed by atoms with E-state index in [-0.39, 0.29) is 0 Å². The Morgan fingerprint density at radius 2 is 1.94 bits per heavy atom. The van der Waals surface area contributed by atoms with E-state index < -0.39 is 0 Å². The maximum atomic E-state index is 10.3. The Morgan fingerprint density at radius 3 is 2.53 bits per heavy atom. The Morgan fingerprint density at radius 1 is 1.12 bits per heavy atom. The van der Waals surface area contributed by atoms with Crippen LogP contribution in [0.3, 0.4) is 0 Å². The van der Waals surface area contributed by atoms with Gasteiger partial charge in [-0.15, -0.1) is 0 Å². The van der Waals surface area contributed by atoms with Crippen LogP contribution in [-0.4, -0.2) is 5.11 Å². The van der Waals surface area contributed by atoms with Crippen LogP contribution in [0.4, 0.5) is 0 Å². The molecule has 0 saturated carbocycles. The predicted molar refractivity (Wildman–Crippen MR) is 73.2 cm³/mol. The van der Waals surface area contributed by atoms with Crippen molar-refractivity contribution in [3.63, 3.8) is 0 Å². The van der Waals surface area contributed by atoms with E-state index in [1.54, 1.807) is 0 Å². The van der Waals surface area contributed by atoms with Gasteiger partial charge in [-0.1, -0.05) is 38.1 Å². The topological polar surface area (TPSA) is 20.2 Å². The molecular weight excluding hydrogens is 208 g/mol. The molecule has 0 saturated heterocycles. The fraction of sp³-hybridized carbons (Fsp3) is 0.375. The number of benzene rings is 1. The van der Waals surface area contributed by atoms with Gasteiger partial charge in [-0.2, -0.15) is 0 Å². The van der Waals surface area contributed by atoms with Gasteiger partial charge in [0.2, 0.25) is 0 Å². The highest BCUT2D eigenvalue weighted by Gasteiger charge is 2.11. The van der Waals surface area contributed by atoms with Crippen molar-refractivity contribution in [2.24, 2.45) is 0 Å². The summed E-state index contributed by atoms with van der Waals surface area (Å²) in [6.45, 7) is 4.24. The van der Waals surface area contributed by atoms with Crippen LogP contribution in [0.2, 0.25) is 0 Å². The van der Waals surface area contributed by atoms with Crippen LogP contribution in [0.1, 0.15) is 43.4 Å². The van der Waals surface area contributed by atoms with Crippen molar-refractivity contribution >= 4 is 5.57 Å². The number of aromatic hydroxyl groups is 1. The molecule has 0 amide bonds. The minimum absolute atomic E-state index is 0.461. The summed E-state index contributed by atoms with van der Waals surface area (Å²) in [4.78, 5) is 0. The molecule has 17 heavy (non-hydrogen) atoms. The van der Waals surface area contributed by atoms with Gasteiger partial charge in [0.15, 0.2) is 0 Å². The molecule has 0 aromatic heterocycles. The van der Waals surface area contributed by atoms with Gasteiger partial charge in [0, 0.05) is 5.56 Å². The summed E-state index contributed by atoms with van der Waals surface area (Å²) in [5.41, 5.74) is 4.52. The van der Waals surface area contributed by atoms with Gasteiger partial charge in [0.05, 0.1) is 0 Å². The van der Waals surface area contributed by atoms with E-state index in [0.717, 1.165) is 36.8 Å². The number of rotatable bonds is 3. The molecule has 1 heteroatoms. The highest BCUT2D eigenvalue weighted by atomic mass is 16.3. The Bertz CT molecular complexity index is 467. The van der Waals surface area contributed by atoms with E-state index in [4.69, 9.17) is 0 Å². The number of phenolic OH excluding ortho intramolecular Hbond substituents is 1. The molecule has 0 bridgehead atoms. The lowest BCUT2D eigenvalue weighted by Crippen LogP contribution is -1.94. The van der Waals surface area contributed by atoms with E-state index >= 15 is 0 Å². The van der Waals surface area contributed by atoms with Crippen molar-refractivity contribution in [1.82, 2.24) is 0 Å².